The topological polar surface area (TPSA) is 83.8 Å². The quantitative estimate of drug-likeness (QED) is 0.694. The number of hydrogen-bond donors (Lipinski definition) is 2. The predicted octanol–water partition coefficient (Wildman–Crippen LogP) is 1.96. The van der Waals surface area contributed by atoms with Gasteiger partial charge in [-0.2, -0.15) is 0 Å². The number of benzene rings is 1. The molecule has 0 spiro atoms. The SMILES string of the molecule is O=C(CNC(=O)c1ccc(Br)o1)N[C@@H](CN1CCOCC1)c1ccccc1. The van der Waals surface area contributed by atoms with Crippen LogP contribution in [0.1, 0.15) is 22.2 Å². The first kappa shape index (κ1) is 19.6. The number of rotatable bonds is 7. The zero-order valence-electron chi connectivity index (χ0n) is 14.8. The average molecular weight is 436 g/mol. The number of halogens is 1. The largest absolute Gasteiger partial charge is 0.444 e. The summed E-state index contributed by atoms with van der Waals surface area (Å²) in [5.41, 5.74) is 1.03. The van der Waals surface area contributed by atoms with Crippen LogP contribution in [0, 0.1) is 0 Å². The highest BCUT2D eigenvalue weighted by molar-refractivity contribution is 9.10. The van der Waals surface area contributed by atoms with Gasteiger partial charge in [-0.1, -0.05) is 30.3 Å². The van der Waals surface area contributed by atoms with Gasteiger partial charge in [-0.25, -0.2) is 0 Å². The summed E-state index contributed by atoms with van der Waals surface area (Å²) >= 11 is 3.15. The van der Waals surface area contributed by atoms with Crippen molar-refractivity contribution in [2.75, 3.05) is 39.4 Å². The summed E-state index contributed by atoms with van der Waals surface area (Å²) in [5, 5.41) is 5.59. The third-order valence-corrected chi connectivity index (χ3v) is 4.71. The molecule has 2 N–H and O–H groups in total. The van der Waals surface area contributed by atoms with E-state index >= 15 is 0 Å². The van der Waals surface area contributed by atoms with E-state index in [0.717, 1.165) is 18.7 Å². The van der Waals surface area contributed by atoms with E-state index < -0.39 is 5.91 Å². The van der Waals surface area contributed by atoms with Gasteiger partial charge in [0.1, 0.15) is 0 Å². The van der Waals surface area contributed by atoms with E-state index in [1.54, 1.807) is 12.1 Å². The standard InChI is InChI=1S/C19H22BrN3O4/c20-17-7-6-16(27-17)19(25)21-12-18(24)22-15(14-4-2-1-3-5-14)13-23-8-10-26-11-9-23/h1-7,15H,8-13H2,(H,21,25)(H,22,24)/t15-/m0/s1. The fourth-order valence-electron chi connectivity index (χ4n) is 2.89. The van der Waals surface area contributed by atoms with Gasteiger partial charge in [0.15, 0.2) is 10.4 Å². The maximum absolute atomic E-state index is 12.4. The van der Waals surface area contributed by atoms with Crippen molar-refractivity contribution < 1.29 is 18.7 Å². The van der Waals surface area contributed by atoms with E-state index in [4.69, 9.17) is 9.15 Å². The first-order valence-electron chi connectivity index (χ1n) is 8.80. The van der Waals surface area contributed by atoms with Gasteiger partial charge in [0.05, 0.1) is 25.8 Å². The second-order valence-corrected chi connectivity index (χ2v) is 7.01. The lowest BCUT2D eigenvalue weighted by Crippen LogP contribution is -2.45. The van der Waals surface area contributed by atoms with E-state index in [-0.39, 0.29) is 24.3 Å². The zero-order chi connectivity index (χ0) is 19.1. The summed E-state index contributed by atoms with van der Waals surface area (Å²) < 4.78 is 11.0. The van der Waals surface area contributed by atoms with Crippen LogP contribution in [0.15, 0.2) is 51.6 Å². The smallest absolute Gasteiger partial charge is 0.287 e. The van der Waals surface area contributed by atoms with Gasteiger partial charge in [0.2, 0.25) is 5.91 Å². The maximum atomic E-state index is 12.4. The van der Waals surface area contributed by atoms with Crippen molar-refractivity contribution in [2.45, 2.75) is 6.04 Å². The molecule has 8 heteroatoms. The monoisotopic (exact) mass is 435 g/mol. The molecule has 3 rings (SSSR count). The Labute approximate surface area is 166 Å². The van der Waals surface area contributed by atoms with Crippen molar-refractivity contribution in [1.82, 2.24) is 15.5 Å². The van der Waals surface area contributed by atoms with Crippen LogP contribution in [-0.2, 0) is 9.53 Å². The fourth-order valence-corrected chi connectivity index (χ4v) is 3.20. The Bertz CT molecular complexity index is 759. The Kier molecular flexibility index (Phi) is 7.03. The molecular formula is C19H22BrN3O4. The lowest BCUT2D eigenvalue weighted by molar-refractivity contribution is -0.121. The molecule has 1 saturated heterocycles. The second kappa shape index (κ2) is 9.68. The summed E-state index contributed by atoms with van der Waals surface area (Å²) in [6.07, 6.45) is 0. The van der Waals surface area contributed by atoms with E-state index in [2.05, 4.69) is 31.5 Å². The van der Waals surface area contributed by atoms with Crippen LogP contribution in [-0.4, -0.2) is 56.1 Å². The van der Waals surface area contributed by atoms with Gasteiger partial charge in [-0.15, -0.1) is 0 Å². The molecule has 2 aromatic rings. The van der Waals surface area contributed by atoms with E-state index in [1.165, 1.54) is 0 Å². The molecule has 1 aromatic heterocycles. The normalized spacial score (nSPS) is 15.9. The third-order valence-electron chi connectivity index (χ3n) is 4.29. The van der Waals surface area contributed by atoms with E-state index in [1.807, 2.05) is 30.3 Å². The molecule has 144 valence electrons. The molecule has 0 bridgehead atoms. The van der Waals surface area contributed by atoms with Gasteiger partial charge in [-0.3, -0.25) is 14.5 Å². The van der Waals surface area contributed by atoms with Crippen LogP contribution < -0.4 is 10.6 Å². The molecule has 1 aliphatic heterocycles. The number of carbonyl (C=O) groups excluding carboxylic acids is 2. The summed E-state index contributed by atoms with van der Waals surface area (Å²) in [4.78, 5) is 26.7. The Hall–Kier alpha value is -2.16. The van der Waals surface area contributed by atoms with Crippen LogP contribution in [0.4, 0.5) is 0 Å². The molecule has 7 nitrogen and oxygen atoms in total. The minimum Gasteiger partial charge on any atom is -0.444 e. The van der Waals surface area contributed by atoms with Crippen molar-refractivity contribution in [1.29, 1.82) is 0 Å². The molecule has 0 radical (unpaired) electrons. The number of furan rings is 1. The van der Waals surface area contributed by atoms with Crippen LogP contribution in [0.2, 0.25) is 0 Å². The highest BCUT2D eigenvalue weighted by atomic mass is 79.9. The van der Waals surface area contributed by atoms with Crippen molar-refractivity contribution in [3.05, 3.63) is 58.5 Å². The van der Waals surface area contributed by atoms with Gasteiger partial charge in [-0.05, 0) is 33.6 Å². The molecule has 1 fully saturated rings. The third kappa shape index (κ3) is 5.92. The van der Waals surface area contributed by atoms with Crippen molar-refractivity contribution >= 4 is 27.7 Å². The van der Waals surface area contributed by atoms with Crippen LogP contribution >= 0.6 is 15.9 Å². The molecular weight excluding hydrogens is 414 g/mol. The summed E-state index contributed by atoms with van der Waals surface area (Å²) in [6, 6.07) is 12.8. The number of morpholine rings is 1. The van der Waals surface area contributed by atoms with E-state index in [9.17, 15) is 9.59 Å². The molecule has 1 aromatic carbocycles. The molecule has 2 amide bonds. The molecule has 1 aliphatic rings. The molecule has 2 heterocycles. The van der Waals surface area contributed by atoms with Crippen molar-refractivity contribution in [3.8, 4) is 0 Å². The Morgan fingerprint density at radius 2 is 1.85 bits per heavy atom. The van der Waals surface area contributed by atoms with Crippen molar-refractivity contribution in [3.63, 3.8) is 0 Å². The maximum Gasteiger partial charge on any atom is 0.287 e. The van der Waals surface area contributed by atoms with Crippen LogP contribution in [0.5, 0.6) is 0 Å². The minimum atomic E-state index is -0.430. The lowest BCUT2D eigenvalue weighted by Gasteiger charge is -2.31. The Morgan fingerprint density at radius 3 is 2.52 bits per heavy atom. The Balaban J connectivity index is 1.57. The molecule has 1 atom stereocenters. The second-order valence-electron chi connectivity index (χ2n) is 6.23. The number of nitrogens with zero attached hydrogens (tertiary/aromatic N) is 1. The summed E-state index contributed by atoms with van der Waals surface area (Å²) in [7, 11) is 0. The molecule has 0 saturated carbocycles. The minimum absolute atomic E-state index is 0.121. The molecule has 0 unspecified atom stereocenters. The average Bonchev–Trinajstić information content (AvgIpc) is 3.13. The van der Waals surface area contributed by atoms with Crippen molar-refractivity contribution in [2.24, 2.45) is 0 Å². The number of carbonyl (C=O) groups is 2. The zero-order valence-corrected chi connectivity index (χ0v) is 16.4. The van der Waals surface area contributed by atoms with Gasteiger partial charge in [0, 0.05) is 19.6 Å². The predicted molar refractivity (Wildman–Crippen MR) is 103 cm³/mol. The van der Waals surface area contributed by atoms with Gasteiger partial charge in [0.25, 0.3) is 5.91 Å². The highest BCUT2D eigenvalue weighted by Gasteiger charge is 2.20. The fraction of sp³-hybridized carbons (Fsp3) is 0.368. The lowest BCUT2D eigenvalue weighted by atomic mass is 10.1. The summed E-state index contributed by atoms with van der Waals surface area (Å²) in [6.45, 7) is 3.64. The molecule has 0 aliphatic carbocycles. The van der Waals surface area contributed by atoms with Gasteiger partial charge < -0.3 is 19.8 Å². The van der Waals surface area contributed by atoms with Gasteiger partial charge >= 0.3 is 0 Å². The van der Waals surface area contributed by atoms with Crippen LogP contribution in [0.25, 0.3) is 0 Å². The number of amides is 2. The number of nitrogens with one attached hydrogen (secondary N) is 2. The first-order valence-corrected chi connectivity index (χ1v) is 9.59. The van der Waals surface area contributed by atoms with Crippen LogP contribution in [0.3, 0.4) is 0 Å². The number of ether oxygens (including phenoxy) is 1. The highest BCUT2D eigenvalue weighted by Crippen LogP contribution is 2.16. The van der Waals surface area contributed by atoms with E-state index in [0.29, 0.717) is 24.4 Å². The number of hydrogen-bond acceptors (Lipinski definition) is 5. The first-order chi connectivity index (χ1) is 13.1. The Morgan fingerprint density at radius 1 is 1.11 bits per heavy atom. The summed E-state index contributed by atoms with van der Waals surface area (Å²) in [5.74, 6) is -0.529. The molecule has 27 heavy (non-hydrogen) atoms.